The van der Waals surface area contributed by atoms with Crippen molar-refractivity contribution in [1.82, 2.24) is 9.80 Å². The van der Waals surface area contributed by atoms with Crippen LogP contribution in [-0.2, 0) is 0 Å². The van der Waals surface area contributed by atoms with E-state index < -0.39 is 0 Å². The highest BCUT2D eigenvalue weighted by molar-refractivity contribution is 5.07. The van der Waals surface area contributed by atoms with Crippen molar-refractivity contribution in [3.05, 3.63) is 24.2 Å². The molecule has 1 aromatic rings. The van der Waals surface area contributed by atoms with Gasteiger partial charge in [0.15, 0.2) is 0 Å². The fourth-order valence-corrected chi connectivity index (χ4v) is 2.88. The van der Waals surface area contributed by atoms with E-state index in [9.17, 15) is 0 Å². The Balaban J connectivity index is 2.65. The minimum absolute atomic E-state index is 0.115. The summed E-state index contributed by atoms with van der Waals surface area (Å²) in [6.45, 7) is 14.2. The van der Waals surface area contributed by atoms with Crippen molar-refractivity contribution < 1.29 is 4.42 Å². The quantitative estimate of drug-likeness (QED) is 0.681. The second-order valence-corrected chi connectivity index (χ2v) is 5.54. The number of nitrogens with zero attached hydrogens (tertiary/aromatic N) is 2. The van der Waals surface area contributed by atoms with Crippen LogP contribution in [0.15, 0.2) is 22.8 Å². The second-order valence-electron chi connectivity index (χ2n) is 5.54. The van der Waals surface area contributed by atoms with Gasteiger partial charge in [0.05, 0.1) is 12.3 Å². The Labute approximate surface area is 130 Å². The molecular formula is C17H33N3O. The standard InChI is InChI=1S/C17H33N3O/c1-5-15(18)17(16-11-9-14-21-16)20(8-4)13-10-12-19(6-2)7-3/h9,11,14-15,17H,5-8,10,12-13,18H2,1-4H3. The maximum absolute atomic E-state index is 6.36. The monoisotopic (exact) mass is 295 g/mol. The summed E-state index contributed by atoms with van der Waals surface area (Å²) in [4.78, 5) is 4.92. The average Bonchev–Trinajstić information content (AvgIpc) is 3.03. The summed E-state index contributed by atoms with van der Waals surface area (Å²) >= 11 is 0. The normalized spacial score (nSPS) is 14.8. The van der Waals surface area contributed by atoms with Crippen LogP contribution < -0.4 is 5.73 Å². The molecule has 0 aromatic carbocycles. The highest BCUT2D eigenvalue weighted by Crippen LogP contribution is 2.25. The summed E-state index contributed by atoms with van der Waals surface area (Å²) in [5, 5.41) is 0. The average molecular weight is 295 g/mol. The van der Waals surface area contributed by atoms with Gasteiger partial charge in [-0.05, 0) is 51.2 Å². The highest BCUT2D eigenvalue weighted by Gasteiger charge is 2.26. The van der Waals surface area contributed by atoms with Crippen molar-refractivity contribution >= 4 is 0 Å². The van der Waals surface area contributed by atoms with E-state index in [1.807, 2.05) is 12.1 Å². The van der Waals surface area contributed by atoms with Gasteiger partial charge in [0.1, 0.15) is 5.76 Å². The van der Waals surface area contributed by atoms with E-state index in [0.29, 0.717) is 0 Å². The van der Waals surface area contributed by atoms with Crippen LogP contribution in [0.5, 0.6) is 0 Å². The minimum atomic E-state index is 0.115. The minimum Gasteiger partial charge on any atom is -0.468 e. The van der Waals surface area contributed by atoms with Crippen molar-refractivity contribution in [2.45, 2.75) is 52.6 Å². The summed E-state index contributed by atoms with van der Waals surface area (Å²) in [6, 6.07) is 4.30. The third-order valence-corrected chi connectivity index (χ3v) is 4.33. The van der Waals surface area contributed by atoms with Crippen LogP contribution in [-0.4, -0.2) is 48.6 Å². The molecule has 0 saturated carbocycles. The summed E-state index contributed by atoms with van der Waals surface area (Å²) in [6.07, 6.45) is 3.87. The van der Waals surface area contributed by atoms with E-state index in [-0.39, 0.29) is 12.1 Å². The maximum atomic E-state index is 6.36. The molecule has 0 bridgehead atoms. The maximum Gasteiger partial charge on any atom is 0.122 e. The van der Waals surface area contributed by atoms with Crippen LogP contribution in [0.3, 0.4) is 0 Å². The van der Waals surface area contributed by atoms with Crippen molar-refractivity contribution in [2.24, 2.45) is 5.73 Å². The lowest BCUT2D eigenvalue weighted by molar-refractivity contribution is 0.146. The number of likely N-dealkylation sites (N-methyl/N-ethyl adjacent to an activating group) is 1. The van der Waals surface area contributed by atoms with Crippen molar-refractivity contribution in [3.63, 3.8) is 0 Å². The number of hydrogen-bond acceptors (Lipinski definition) is 4. The molecule has 2 atom stereocenters. The molecule has 1 heterocycles. The van der Waals surface area contributed by atoms with Crippen LogP contribution in [0.1, 0.15) is 52.3 Å². The molecule has 2 N–H and O–H groups in total. The molecule has 0 amide bonds. The van der Waals surface area contributed by atoms with Gasteiger partial charge >= 0.3 is 0 Å². The second kappa shape index (κ2) is 9.98. The summed E-state index contributed by atoms with van der Waals surface area (Å²) < 4.78 is 5.64. The van der Waals surface area contributed by atoms with Gasteiger partial charge in [0.2, 0.25) is 0 Å². The molecule has 0 fully saturated rings. The van der Waals surface area contributed by atoms with Crippen molar-refractivity contribution in [2.75, 3.05) is 32.7 Å². The number of rotatable bonds is 11. The van der Waals surface area contributed by atoms with E-state index in [2.05, 4.69) is 37.5 Å². The molecule has 0 aliphatic heterocycles. The van der Waals surface area contributed by atoms with Gasteiger partial charge in [-0.1, -0.05) is 27.7 Å². The first-order valence-corrected chi connectivity index (χ1v) is 8.43. The Morgan fingerprint density at radius 1 is 1.10 bits per heavy atom. The summed E-state index contributed by atoms with van der Waals surface area (Å²) in [5.41, 5.74) is 6.36. The Morgan fingerprint density at radius 2 is 1.81 bits per heavy atom. The first kappa shape index (κ1) is 18.2. The molecule has 21 heavy (non-hydrogen) atoms. The Kier molecular flexibility index (Phi) is 8.66. The van der Waals surface area contributed by atoms with Crippen molar-refractivity contribution in [1.29, 1.82) is 0 Å². The fourth-order valence-electron chi connectivity index (χ4n) is 2.88. The van der Waals surface area contributed by atoms with Gasteiger partial charge < -0.3 is 15.1 Å². The molecule has 0 aliphatic rings. The third-order valence-electron chi connectivity index (χ3n) is 4.33. The lowest BCUT2D eigenvalue weighted by atomic mass is 10.0. The van der Waals surface area contributed by atoms with E-state index >= 15 is 0 Å². The van der Waals surface area contributed by atoms with Crippen LogP contribution in [0.4, 0.5) is 0 Å². The zero-order valence-electron chi connectivity index (χ0n) is 14.2. The molecule has 0 spiro atoms. The Hall–Kier alpha value is -0.840. The number of furan rings is 1. The van der Waals surface area contributed by atoms with Crippen molar-refractivity contribution in [3.8, 4) is 0 Å². The molecule has 0 saturated heterocycles. The number of hydrogen-bond donors (Lipinski definition) is 1. The van der Waals surface area contributed by atoms with Crippen LogP contribution in [0.25, 0.3) is 0 Å². The topological polar surface area (TPSA) is 45.6 Å². The van der Waals surface area contributed by atoms with Gasteiger partial charge in [-0.2, -0.15) is 0 Å². The molecule has 0 radical (unpaired) electrons. The van der Waals surface area contributed by atoms with Gasteiger partial charge in [0.25, 0.3) is 0 Å². The molecule has 2 unspecified atom stereocenters. The molecule has 122 valence electrons. The Morgan fingerprint density at radius 3 is 2.29 bits per heavy atom. The molecular weight excluding hydrogens is 262 g/mol. The van der Waals surface area contributed by atoms with E-state index in [4.69, 9.17) is 10.2 Å². The lowest BCUT2D eigenvalue weighted by Gasteiger charge is -2.33. The predicted octanol–water partition coefficient (Wildman–Crippen LogP) is 3.11. The summed E-state index contributed by atoms with van der Waals surface area (Å²) in [5.74, 6) is 0.994. The first-order chi connectivity index (χ1) is 10.2. The molecule has 1 aromatic heterocycles. The van der Waals surface area contributed by atoms with E-state index in [0.717, 1.165) is 44.9 Å². The van der Waals surface area contributed by atoms with Gasteiger partial charge in [-0.15, -0.1) is 0 Å². The largest absolute Gasteiger partial charge is 0.468 e. The zero-order valence-corrected chi connectivity index (χ0v) is 14.2. The van der Waals surface area contributed by atoms with Gasteiger partial charge in [-0.25, -0.2) is 0 Å². The van der Waals surface area contributed by atoms with Crippen LogP contribution in [0, 0.1) is 0 Å². The number of nitrogens with two attached hydrogens (primary N) is 1. The zero-order chi connectivity index (χ0) is 15.7. The van der Waals surface area contributed by atoms with Crippen LogP contribution in [0.2, 0.25) is 0 Å². The molecule has 4 heteroatoms. The molecule has 1 rings (SSSR count). The smallest absolute Gasteiger partial charge is 0.122 e. The van der Waals surface area contributed by atoms with Gasteiger partial charge in [0, 0.05) is 12.6 Å². The molecule has 0 aliphatic carbocycles. The lowest BCUT2D eigenvalue weighted by Crippen LogP contribution is -2.41. The highest BCUT2D eigenvalue weighted by atomic mass is 16.3. The Bertz CT molecular complexity index is 349. The van der Waals surface area contributed by atoms with Crippen LogP contribution >= 0.6 is 0 Å². The fraction of sp³-hybridized carbons (Fsp3) is 0.765. The molecule has 4 nitrogen and oxygen atoms in total. The third kappa shape index (κ3) is 5.46. The van der Waals surface area contributed by atoms with E-state index in [1.165, 1.54) is 6.42 Å². The first-order valence-electron chi connectivity index (χ1n) is 8.43. The van der Waals surface area contributed by atoms with Gasteiger partial charge in [-0.3, -0.25) is 4.90 Å². The SMILES string of the molecule is CCC(N)C(c1ccco1)N(CC)CCCN(CC)CC. The van der Waals surface area contributed by atoms with E-state index in [1.54, 1.807) is 6.26 Å². The summed E-state index contributed by atoms with van der Waals surface area (Å²) in [7, 11) is 0. The predicted molar refractivity (Wildman–Crippen MR) is 89.4 cm³/mol.